The van der Waals surface area contributed by atoms with E-state index in [-0.39, 0.29) is 50.7 Å². The first kappa shape index (κ1) is 17.4. The minimum atomic E-state index is -0.707. The molecule has 5 nitrogen and oxygen atoms in total. The van der Waals surface area contributed by atoms with Crippen LogP contribution in [0, 0.1) is 0 Å². The van der Waals surface area contributed by atoms with Crippen molar-refractivity contribution in [1.82, 2.24) is 24.1 Å². The molecule has 0 amide bonds. The third-order valence-corrected chi connectivity index (χ3v) is 8.58. The van der Waals surface area contributed by atoms with Gasteiger partial charge in [0.15, 0.2) is 11.6 Å². The van der Waals surface area contributed by atoms with Crippen molar-refractivity contribution >= 4 is 54.4 Å². The monoisotopic (exact) mass is 625 g/mol. The maximum atomic E-state index is 9.47. The predicted octanol–water partition coefficient (Wildman–Crippen LogP) is 10.6. The number of benzene rings is 7. The van der Waals surface area contributed by atoms with Crippen LogP contribution in [-0.4, -0.2) is 24.1 Å². The van der Waals surface area contributed by atoms with Crippen LogP contribution in [-0.2, 0) is 0 Å². The molecule has 0 aliphatic carbocycles. The highest BCUT2D eigenvalue weighted by Crippen LogP contribution is 2.37. The molecule has 0 N–H and O–H groups in total. The first-order chi connectivity index (χ1) is 28.8. The smallest absolute Gasteiger partial charge is 0.238 e. The molecule has 0 spiro atoms. The summed E-state index contributed by atoms with van der Waals surface area (Å²) in [4.78, 5) is 15.0. The van der Waals surface area contributed by atoms with E-state index in [1.165, 1.54) is 0 Å². The Labute approximate surface area is 292 Å². The van der Waals surface area contributed by atoms with Crippen molar-refractivity contribution in [3.63, 3.8) is 0 Å². The molecule has 10 rings (SSSR count). The quantitative estimate of drug-likeness (QED) is 0.196. The Kier molecular flexibility index (Phi) is 3.79. The van der Waals surface area contributed by atoms with Gasteiger partial charge in [0.05, 0.1) is 44.2 Å². The average molecular weight is 626 g/mol. The summed E-state index contributed by atoms with van der Waals surface area (Å²) in [7, 11) is 0. The first-order valence-corrected chi connectivity index (χ1v) is 15.2. The minimum absolute atomic E-state index is 0.102. The van der Waals surface area contributed by atoms with Gasteiger partial charge in [0.25, 0.3) is 0 Å². The Hall–Kier alpha value is -6.59. The summed E-state index contributed by atoms with van der Waals surface area (Å²) in [5, 5.41) is 2.97. The SMILES string of the molecule is [2H]c1c([2H])c([2H])c(-n2c3c([2H])c([2H])c([2H])c([2H])c3c3c([2H])c([2H])c([2H])c([2H])c32)c(-c2nc(-c3cccc4ccccc34)nc(-n3c4ccccc4c4ccccc43)n2)c1[2H]. The lowest BCUT2D eigenvalue weighted by atomic mass is 10.0. The number of hydrogen-bond acceptors (Lipinski definition) is 3. The Morgan fingerprint density at radius 3 is 1.65 bits per heavy atom. The topological polar surface area (TPSA) is 48.5 Å². The summed E-state index contributed by atoms with van der Waals surface area (Å²) in [6.45, 7) is 0. The molecule has 0 aliphatic rings. The zero-order valence-electron chi connectivity index (χ0n) is 36.9. The van der Waals surface area contributed by atoms with Crippen molar-refractivity contribution in [2.45, 2.75) is 0 Å². The van der Waals surface area contributed by atoms with Gasteiger partial charge in [0, 0.05) is 32.7 Å². The number of fused-ring (bicyclic) bond motifs is 7. The van der Waals surface area contributed by atoms with E-state index in [2.05, 4.69) is 0 Å². The largest absolute Gasteiger partial charge is 0.309 e. The van der Waals surface area contributed by atoms with E-state index in [0.29, 0.717) is 5.56 Å². The second-order valence-corrected chi connectivity index (χ2v) is 11.2. The molecule has 0 saturated heterocycles. The first-order valence-electron chi connectivity index (χ1n) is 21.2. The fourth-order valence-corrected chi connectivity index (χ4v) is 6.54. The molecule has 0 atom stereocenters. The predicted molar refractivity (Wildman–Crippen MR) is 197 cm³/mol. The lowest BCUT2D eigenvalue weighted by molar-refractivity contribution is 0.952. The van der Waals surface area contributed by atoms with Gasteiger partial charge in [0.2, 0.25) is 5.95 Å². The Morgan fingerprint density at radius 2 is 0.938 bits per heavy atom. The second-order valence-electron chi connectivity index (χ2n) is 11.2. The highest BCUT2D eigenvalue weighted by atomic mass is 15.2. The summed E-state index contributed by atoms with van der Waals surface area (Å²) in [5.41, 5.74) is 0.736. The fourth-order valence-electron chi connectivity index (χ4n) is 6.54. The van der Waals surface area contributed by atoms with Gasteiger partial charge in [-0.05, 0) is 47.1 Å². The number of aromatic nitrogens is 5. The summed E-state index contributed by atoms with van der Waals surface area (Å²) in [6, 6.07) is 20.9. The zero-order valence-corrected chi connectivity index (χ0v) is 24.9. The Morgan fingerprint density at radius 1 is 0.396 bits per heavy atom. The molecule has 10 aromatic rings. The van der Waals surface area contributed by atoms with Crippen LogP contribution < -0.4 is 0 Å². The molecule has 0 radical (unpaired) electrons. The van der Waals surface area contributed by atoms with Gasteiger partial charge in [-0.1, -0.05) is 127 Å². The van der Waals surface area contributed by atoms with Gasteiger partial charge in [-0.2, -0.15) is 9.97 Å². The Bertz CT molecular complexity index is 3410. The third-order valence-electron chi connectivity index (χ3n) is 8.58. The van der Waals surface area contributed by atoms with E-state index < -0.39 is 72.5 Å². The molecular weight excluding hydrogens is 587 g/mol. The van der Waals surface area contributed by atoms with E-state index in [1.54, 1.807) is 0 Å². The van der Waals surface area contributed by atoms with Crippen molar-refractivity contribution in [2.75, 3.05) is 0 Å². The highest BCUT2D eigenvalue weighted by Gasteiger charge is 2.21. The second kappa shape index (κ2) is 10.5. The Balaban J connectivity index is 1.43. The number of rotatable bonds is 4. The lowest BCUT2D eigenvalue weighted by Crippen LogP contribution is -2.08. The molecule has 224 valence electrons. The van der Waals surface area contributed by atoms with Crippen LogP contribution in [0.25, 0.3) is 88.8 Å². The van der Waals surface area contributed by atoms with E-state index in [4.69, 9.17) is 28.7 Å². The normalized spacial score (nSPS) is 15.2. The molecule has 5 heteroatoms. The molecule has 7 aromatic carbocycles. The van der Waals surface area contributed by atoms with E-state index in [0.717, 1.165) is 37.1 Å². The van der Waals surface area contributed by atoms with Crippen molar-refractivity contribution in [3.05, 3.63) is 164 Å². The lowest BCUT2D eigenvalue weighted by Gasteiger charge is -2.15. The maximum Gasteiger partial charge on any atom is 0.238 e. The zero-order chi connectivity index (χ0) is 42.0. The number of nitrogens with zero attached hydrogens (tertiary/aromatic N) is 5. The molecule has 0 bridgehead atoms. The molecule has 0 unspecified atom stereocenters. The van der Waals surface area contributed by atoms with Crippen LogP contribution >= 0.6 is 0 Å². The number of hydrogen-bond donors (Lipinski definition) is 0. The molecule has 0 fully saturated rings. The molecule has 48 heavy (non-hydrogen) atoms. The minimum Gasteiger partial charge on any atom is -0.309 e. The van der Waals surface area contributed by atoms with E-state index >= 15 is 0 Å². The van der Waals surface area contributed by atoms with Crippen molar-refractivity contribution in [2.24, 2.45) is 0 Å². The van der Waals surface area contributed by atoms with E-state index in [9.17, 15) is 2.74 Å². The van der Waals surface area contributed by atoms with Gasteiger partial charge in [0.1, 0.15) is 0 Å². The molecule has 3 heterocycles. The van der Waals surface area contributed by atoms with Crippen molar-refractivity contribution < 1.29 is 16.4 Å². The average Bonchev–Trinajstić information content (AvgIpc) is 3.80. The molecule has 0 aliphatic heterocycles. The van der Waals surface area contributed by atoms with Crippen LogP contribution in [0.5, 0.6) is 0 Å². The summed E-state index contributed by atoms with van der Waals surface area (Å²) < 4.78 is 110. The van der Waals surface area contributed by atoms with Crippen LogP contribution in [0.4, 0.5) is 0 Å². The van der Waals surface area contributed by atoms with Crippen LogP contribution in [0.3, 0.4) is 0 Å². The molecule has 0 saturated carbocycles. The van der Waals surface area contributed by atoms with E-state index in [1.807, 2.05) is 95.6 Å². The van der Waals surface area contributed by atoms with Crippen LogP contribution in [0.15, 0.2) is 164 Å². The number of para-hydroxylation sites is 5. The van der Waals surface area contributed by atoms with Gasteiger partial charge < -0.3 is 4.57 Å². The third kappa shape index (κ3) is 3.94. The standard InChI is InChI=1S/C43H27N5/c1-2-16-29-28(14-1)15-13-22-34(29)41-44-42(46-43(45-41)48-38-25-10-5-19-32(38)33-20-6-11-26-39(33)48)35-21-7-12-27-40(35)47-36-23-8-3-17-30(36)31-18-4-9-24-37(31)47/h1-27H/i3D,4D,7D,8D,9D,12D,17D,18D,21D,23D,24D,27D. The summed E-state index contributed by atoms with van der Waals surface area (Å²) in [5.74, 6) is 0.0197. The molecular formula is C43H27N5. The highest BCUT2D eigenvalue weighted by molar-refractivity contribution is 6.10. The van der Waals surface area contributed by atoms with Crippen LogP contribution in [0.2, 0.25) is 0 Å². The van der Waals surface area contributed by atoms with Crippen molar-refractivity contribution in [3.8, 4) is 34.4 Å². The maximum absolute atomic E-state index is 9.47. The summed E-state index contributed by atoms with van der Waals surface area (Å²) >= 11 is 0. The molecule has 3 aromatic heterocycles. The summed E-state index contributed by atoms with van der Waals surface area (Å²) in [6.07, 6.45) is 0. The van der Waals surface area contributed by atoms with Gasteiger partial charge >= 0.3 is 0 Å². The van der Waals surface area contributed by atoms with Crippen molar-refractivity contribution in [1.29, 1.82) is 0 Å². The van der Waals surface area contributed by atoms with Gasteiger partial charge in [-0.3, -0.25) is 4.57 Å². The van der Waals surface area contributed by atoms with Crippen LogP contribution in [0.1, 0.15) is 16.4 Å². The van der Waals surface area contributed by atoms with Gasteiger partial charge in [-0.25, -0.2) is 4.98 Å². The van der Waals surface area contributed by atoms with Gasteiger partial charge in [-0.15, -0.1) is 0 Å². The fraction of sp³-hybridized carbons (Fsp3) is 0.